The van der Waals surface area contributed by atoms with Gasteiger partial charge in [0.15, 0.2) is 0 Å². The van der Waals surface area contributed by atoms with Gasteiger partial charge in [-0.15, -0.1) is 0 Å². The average Bonchev–Trinajstić information content (AvgIpc) is 3.18. The first-order valence-electron chi connectivity index (χ1n) is 10.8. The number of allylic oxidation sites excluding steroid dienone is 1. The third-order valence-corrected chi connectivity index (χ3v) is 5.76. The van der Waals surface area contributed by atoms with Gasteiger partial charge in [0.25, 0.3) is 0 Å². The van der Waals surface area contributed by atoms with Crippen molar-refractivity contribution in [1.82, 2.24) is 5.32 Å². The molecule has 0 fully saturated rings. The molecule has 0 atom stereocenters. The van der Waals surface area contributed by atoms with Gasteiger partial charge in [0, 0.05) is 39.7 Å². The lowest BCUT2D eigenvalue weighted by Crippen LogP contribution is -2.22. The molecule has 0 aliphatic carbocycles. The van der Waals surface area contributed by atoms with Crippen molar-refractivity contribution in [3.63, 3.8) is 0 Å². The van der Waals surface area contributed by atoms with Gasteiger partial charge in [-0.05, 0) is 49.6 Å². The van der Waals surface area contributed by atoms with Gasteiger partial charge in [-0.2, -0.15) is 0 Å². The van der Waals surface area contributed by atoms with Gasteiger partial charge in [-0.1, -0.05) is 49.9 Å². The lowest BCUT2D eigenvalue weighted by molar-refractivity contribution is -0.116. The zero-order chi connectivity index (χ0) is 22.4. The number of furan rings is 1. The fraction of sp³-hybridized carbons (Fsp3) is 0.346. The summed E-state index contributed by atoms with van der Waals surface area (Å²) in [5, 5.41) is 4.65. The molecule has 0 aliphatic heterocycles. The fourth-order valence-electron chi connectivity index (χ4n) is 3.81. The summed E-state index contributed by atoms with van der Waals surface area (Å²) in [6.45, 7) is 6.78. The van der Waals surface area contributed by atoms with Crippen molar-refractivity contribution in [3.05, 3.63) is 58.8 Å². The monoisotopic (exact) mass is 439 g/mol. The number of rotatable bonds is 9. The molecule has 0 saturated carbocycles. The van der Waals surface area contributed by atoms with Crippen LogP contribution in [0.2, 0.25) is 5.02 Å². The van der Waals surface area contributed by atoms with Crippen LogP contribution in [0.4, 0.5) is 0 Å². The molecule has 1 amide bonds. The van der Waals surface area contributed by atoms with Crippen LogP contribution in [-0.2, 0) is 4.79 Å². The number of ether oxygens (including phenoxy) is 1. The summed E-state index contributed by atoms with van der Waals surface area (Å²) in [5.41, 5.74) is 5.40. The summed E-state index contributed by atoms with van der Waals surface area (Å²) >= 11 is 6.05. The van der Waals surface area contributed by atoms with Crippen LogP contribution in [0.5, 0.6) is 5.75 Å². The molecule has 3 aromatic rings. The zero-order valence-electron chi connectivity index (χ0n) is 18.7. The van der Waals surface area contributed by atoms with Crippen molar-refractivity contribution in [2.24, 2.45) is 0 Å². The third kappa shape index (κ3) is 5.31. The molecule has 3 rings (SSSR count). The molecule has 2 aromatic carbocycles. The van der Waals surface area contributed by atoms with Gasteiger partial charge < -0.3 is 14.5 Å². The van der Waals surface area contributed by atoms with E-state index in [-0.39, 0.29) is 5.91 Å². The summed E-state index contributed by atoms with van der Waals surface area (Å²) in [6, 6.07) is 9.71. The molecule has 164 valence electrons. The number of carbonyl (C=O) groups excluding carboxylic acids is 1. The van der Waals surface area contributed by atoms with Crippen LogP contribution in [0.25, 0.3) is 27.7 Å². The Bertz CT molecular complexity index is 1080. The number of unbranched alkanes of at least 4 members (excludes halogenated alkanes) is 3. The second-order valence-corrected chi connectivity index (χ2v) is 8.23. The molecule has 1 N–H and O–H groups in total. The van der Waals surface area contributed by atoms with Crippen LogP contribution in [0.3, 0.4) is 0 Å². The summed E-state index contributed by atoms with van der Waals surface area (Å²) in [4.78, 5) is 12.4. The first-order valence-corrected chi connectivity index (χ1v) is 11.1. The molecule has 0 aliphatic rings. The molecule has 0 bridgehead atoms. The van der Waals surface area contributed by atoms with Crippen LogP contribution in [0, 0.1) is 6.92 Å². The number of benzene rings is 2. The summed E-state index contributed by atoms with van der Waals surface area (Å²) in [6.07, 6.45) is 7.91. The Kier molecular flexibility index (Phi) is 7.80. The minimum Gasteiger partial charge on any atom is -0.496 e. The Labute approximate surface area is 189 Å². The second kappa shape index (κ2) is 10.5. The van der Waals surface area contributed by atoms with E-state index in [1.807, 2.05) is 44.2 Å². The molecule has 0 spiro atoms. The van der Waals surface area contributed by atoms with Crippen LogP contribution in [-0.4, -0.2) is 19.6 Å². The van der Waals surface area contributed by atoms with Crippen molar-refractivity contribution in [2.45, 2.75) is 46.5 Å². The van der Waals surface area contributed by atoms with Gasteiger partial charge in [0.05, 0.1) is 13.4 Å². The summed E-state index contributed by atoms with van der Waals surface area (Å²) < 4.78 is 11.6. The predicted molar refractivity (Wildman–Crippen MR) is 129 cm³/mol. The number of halogens is 1. The summed E-state index contributed by atoms with van der Waals surface area (Å²) in [7, 11) is 1.64. The van der Waals surface area contributed by atoms with Gasteiger partial charge in [-0.3, -0.25) is 4.79 Å². The van der Waals surface area contributed by atoms with E-state index < -0.39 is 0 Å². The maximum Gasteiger partial charge on any atom is 0.244 e. The van der Waals surface area contributed by atoms with E-state index in [0.717, 1.165) is 51.6 Å². The predicted octanol–water partition coefficient (Wildman–Crippen LogP) is 7.17. The smallest absolute Gasteiger partial charge is 0.244 e. The van der Waals surface area contributed by atoms with E-state index in [2.05, 4.69) is 12.2 Å². The Morgan fingerprint density at radius 1 is 1.19 bits per heavy atom. The van der Waals surface area contributed by atoms with E-state index in [4.69, 9.17) is 20.8 Å². The molecule has 0 saturated heterocycles. The van der Waals surface area contributed by atoms with Gasteiger partial charge in [-0.25, -0.2) is 0 Å². The Balaban J connectivity index is 1.94. The highest BCUT2D eigenvalue weighted by atomic mass is 35.5. The number of amides is 1. The highest BCUT2D eigenvalue weighted by Crippen LogP contribution is 2.40. The molecule has 1 heterocycles. The van der Waals surface area contributed by atoms with Crippen LogP contribution >= 0.6 is 11.6 Å². The highest BCUT2D eigenvalue weighted by Gasteiger charge is 2.18. The Morgan fingerprint density at radius 3 is 2.61 bits per heavy atom. The highest BCUT2D eigenvalue weighted by molar-refractivity contribution is 6.30. The average molecular weight is 440 g/mol. The minimum atomic E-state index is -0.0843. The summed E-state index contributed by atoms with van der Waals surface area (Å²) in [5.74, 6) is 0.632. The van der Waals surface area contributed by atoms with Gasteiger partial charge >= 0.3 is 0 Å². The number of hydrogen-bond donors (Lipinski definition) is 1. The minimum absolute atomic E-state index is 0.0843. The first-order chi connectivity index (χ1) is 15.0. The lowest BCUT2D eigenvalue weighted by atomic mass is 9.96. The number of nitrogens with one attached hydrogen (secondary N) is 1. The fourth-order valence-corrected chi connectivity index (χ4v) is 3.94. The Morgan fingerprint density at radius 2 is 1.94 bits per heavy atom. The van der Waals surface area contributed by atoms with Crippen molar-refractivity contribution >= 4 is 34.1 Å². The van der Waals surface area contributed by atoms with Gasteiger partial charge in [0.2, 0.25) is 5.91 Å². The van der Waals surface area contributed by atoms with E-state index in [9.17, 15) is 4.79 Å². The van der Waals surface area contributed by atoms with E-state index in [0.29, 0.717) is 17.3 Å². The lowest BCUT2D eigenvalue weighted by Gasteiger charge is -2.13. The van der Waals surface area contributed by atoms with Crippen molar-refractivity contribution < 1.29 is 13.9 Å². The number of methoxy groups -OCH3 is 1. The largest absolute Gasteiger partial charge is 0.496 e. The van der Waals surface area contributed by atoms with Crippen LogP contribution in [0.15, 0.2) is 47.1 Å². The number of carbonyl (C=O) groups is 1. The zero-order valence-corrected chi connectivity index (χ0v) is 19.4. The topological polar surface area (TPSA) is 51.5 Å². The molecule has 0 radical (unpaired) electrons. The number of aryl methyl sites for hydroxylation is 1. The van der Waals surface area contributed by atoms with E-state index in [1.54, 1.807) is 19.4 Å². The van der Waals surface area contributed by atoms with Crippen LogP contribution < -0.4 is 10.1 Å². The second-order valence-electron chi connectivity index (χ2n) is 7.79. The van der Waals surface area contributed by atoms with Crippen molar-refractivity contribution in [3.8, 4) is 16.9 Å². The molecule has 4 nitrogen and oxygen atoms in total. The standard InChI is InChI=1S/C26H30ClNO3/c1-5-6-7-8-13-28-24(29)14-17(2)21-15-22-23(19-9-11-20(27)12-10-19)16-31-26(22)18(3)25(21)30-4/h9-12,14-16H,5-8,13H2,1-4H3,(H,28,29)/b17-14+. The van der Waals surface area contributed by atoms with Gasteiger partial charge in [0.1, 0.15) is 11.3 Å². The number of hydrogen-bond acceptors (Lipinski definition) is 3. The first kappa shape index (κ1) is 23.0. The molecule has 0 unspecified atom stereocenters. The number of fused-ring (bicyclic) bond motifs is 1. The molecule has 5 heteroatoms. The SMILES string of the molecule is CCCCCCNC(=O)/C=C(\C)c1cc2c(-c3ccc(Cl)cc3)coc2c(C)c1OC. The van der Waals surface area contributed by atoms with E-state index >= 15 is 0 Å². The van der Waals surface area contributed by atoms with Crippen LogP contribution in [0.1, 0.15) is 50.7 Å². The third-order valence-electron chi connectivity index (χ3n) is 5.51. The van der Waals surface area contributed by atoms with E-state index in [1.165, 1.54) is 12.8 Å². The quantitative estimate of drug-likeness (QED) is 0.284. The normalized spacial score (nSPS) is 11.7. The maximum absolute atomic E-state index is 12.4. The molecular formula is C26H30ClNO3. The molecule has 31 heavy (non-hydrogen) atoms. The van der Waals surface area contributed by atoms with Crippen molar-refractivity contribution in [1.29, 1.82) is 0 Å². The maximum atomic E-state index is 12.4. The molecule has 1 aromatic heterocycles. The van der Waals surface area contributed by atoms with Crippen molar-refractivity contribution in [2.75, 3.05) is 13.7 Å². The molecular weight excluding hydrogens is 410 g/mol. The Hall–Kier alpha value is -2.72.